The standard InChI is InChI=1S/C17H21N5O4S/c1-2-26-14-5-4-13(16(18)23)12-15(14)27(24,25)22-10-8-21(9-11-22)17-19-6-3-7-20-17/h3-7,12H,2,8-11H2,1H3,(H2,18,23). The van der Waals surface area contributed by atoms with Gasteiger partial charge >= 0.3 is 0 Å². The first-order valence-electron chi connectivity index (χ1n) is 8.52. The van der Waals surface area contributed by atoms with Crippen LogP contribution in [0.1, 0.15) is 17.3 Å². The third-order valence-electron chi connectivity index (χ3n) is 4.22. The van der Waals surface area contributed by atoms with Crippen LogP contribution in [0.2, 0.25) is 0 Å². The van der Waals surface area contributed by atoms with E-state index in [1.165, 1.54) is 22.5 Å². The number of piperazine rings is 1. The average Bonchev–Trinajstić information content (AvgIpc) is 2.69. The molecule has 0 atom stereocenters. The molecule has 9 nitrogen and oxygen atoms in total. The lowest BCUT2D eigenvalue weighted by molar-refractivity contribution is 0.1000. The number of nitrogens with zero attached hydrogens (tertiary/aromatic N) is 4. The zero-order valence-electron chi connectivity index (χ0n) is 14.9. The number of hydrogen-bond acceptors (Lipinski definition) is 7. The third kappa shape index (κ3) is 4.01. The summed E-state index contributed by atoms with van der Waals surface area (Å²) in [7, 11) is -3.84. The van der Waals surface area contributed by atoms with Crippen molar-refractivity contribution in [3.8, 4) is 5.75 Å². The van der Waals surface area contributed by atoms with Crippen molar-refractivity contribution < 1.29 is 17.9 Å². The zero-order chi connectivity index (χ0) is 19.4. The fraction of sp³-hybridized carbons (Fsp3) is 0.353. The number of sulfonamides is 1. The highest BCUT2D eigenvalue weighted by atomic mass is 32.2. The summed E-state index contributed by atoms with van der Waals surface area (Å²) in [4.78, 5) is 21.7. The van der Waals surface area contributed by atoms with Gasteiger partial charge < -0.3 is 15.4 Å². The van der Waals surface area contributed by atoms with Gasteiger partial charge in [0.15, 0.2) is 0 Å². The molecule has 0 spiro atoms. The summed E-state index contributed by atoms with van der Waals surface area (Å²) in [5.41, 5.74) is 5.42. The van der Waals surface area contributed by atoms with E-state index >= 15 is 0 Å². The molecule has 2 heterocycles. The maximum atomic E-state index is 13.1. The van der Waals surface area contributed by atoms with Gasteiger partial charge in [0.25, 0.3) is 0 Å². The molecule has 0 bridgehead atoms. The minimum absolute atomic E-state index is 0.0509. The first kappa shape index (κ1) is 19.1. The Morgan fingerprint density at radius 3 is 2.44 bits per heavy atom. The number of benzene rings is 1. The first-order chi connectivity index (χ1) is 12.9. The zero-order valence-corrected chi connectivity index (χ0v) is 15.7. The van der Waals surface area contributed by atoms with Crippen molar-refractivity contribution in [3.05, 3.63) is 42.2 Å². The second-order valence-electron chi connectivity index (χ2n) is 5.90. The molecule has 2 aromatic rings. The number of ether oxygens (including phenoxy) is 1. The van der Waals surface area contributed by atoms with Gasteiger partial charge in [-0.1, -0.05) is 0 Å². The Balaban J connectivity index is 1.84. The highest BCUT2D eigenvalue weighted by Crippen LogP contribution is 2.29. The highest BCUT2D eigenvalue weighted by Gasteiger charge is 2.32. The third-order valence-corrected chi connectivity index (χ3v) is 6.14. The van der Waals surface area contributed by atoms with Crippen LogP contribution in [-0.4, -0.2) is 61.4 Å². The van der Waals surface area contributed by atoms with Crippen LogP contribution in [0.5, 0.6) is 5.75 Å². The Labute approximate surface area is 157 Å². The fourth-order valence-electron chi connectivity index (χ4n) is 2.86. The number of nitrogens with two attached hydrogens (primary N) is 1. The van der Waals surface area contributed by atoms with Crippen LogP contribution in [0.4, 0.5) is 5.95 Å². The molecule has 1 aromatic heterocycles. The average molecular weight is 391 g/mol. The van der Waals surface area contributed by atoms with Gasteiger partial charge in [-0.3, -0.25) is 4.79 Å². The van der Waals surface area contributed by atoms with Crippen LogP contribution in [0.25, 0.3) is 0 Å². The topological polar surface area (TPSA) is 119 Å². The van der Waals surface area contributed by atoms with E-state index < -0.39 is 15.9 Å². The van der Waals surface area contributed by atoms with Gasteiger partial charge in [0.1, 0.15) is 10.6 Å². The summed E-state index contributed by atoms with van der Waals surface area (Å²) >= 11 is 0. The predicted molar refractivity (Wildman–Crippen MR) is 99.1 cm³/mol. The molecule has 144 valence electrons. The maximum Gasteiger partial charge on any atom is 0.248 e. The summed E-state index contributed by atoms with van der Waals surface area (Å²) in [6, 6.07) is 5.92. The van der Waals surface area contributed by atoms with E-state index in [0.717, 1.165) is 0 Å². The number of carbonyl (C=O) groups is 1. The molecule has 2 N–H and O–H groups in total. The lowest BCUT2D eigenvalue weighted by atomic mass is 10.2. The van der Waals surface area contributed by atoms with Crippen molar-refractivity contribution in [2.24, 2.45) is 5.73 Å². The van der Waals surface area contributed by atoms with Gasteiger partial charge in [-0.05, 0) is 31.2 Å². The van der Waals surface area contributed by atoms with Crippen LogP contribution in [0, 0.1) is 0 Å². The minimum Gasteiger partial charge on any atom is -0.492 e. The lowest BCUT2D eigenvalue weighted by Crippen LogP contribution is -2.49. The second-order valence-corrected chi connectivity index (χ2v) is 7.81. The summed E-state index contributed by atoms with van der Waals surface area (Å²) in [6.45, 7) is 3.53. The molecule has 0 aliphatic carbocycles. The van der Waals surface area contributed by atoms with Gasteiger partial charge in [-0.2, -0.15) is 4.31 Å². The number of anilines is 1. The summed E-state index contributed by atoms with van der Waals surface area (Å²) < 4.78 is 33.1. The van der Waals surface area contributed by atoms with Crippen molar-refractivity contribution in [2.45, 2.75) is 11.8 Å². The van der Waals surface area contributed by atoms with E-state index in [1.807, 2.05) is 4.90 Å². The van der Waals surface area contributed by atoms with Crippen molar-refractivity contribution in [2.75, 3.05) is 37.7 Å². The molecule has 1 aliphatic rings. The van der Waals surface area contributed by atoms with Gasteiger partial charge in [-0.15, -0.1) is 0 Å². The maximum absolute atomic E-state index is 13.1. The van der Waals surface area contributed by atoms with E-state index in [9.17, 15) is 13.2 Å². The smallest absolute Gasteiger partial charge is 0.248 e. The molecule has 1 saturated heterocycles. The summed E-state index contributed by atoms with van der Waals surface area (Å²) in [5, 5.41) is 0. The Bertz CT molecular complexity index is 912. The van der Waals surface area contributed by atoms with Gasteiger partial charge in [0.2, 0.25) is 21.9 Å². The molecular formula is C17H21N5O4S. The monoisotopic (exact) mass is 391 g/mol. The van der Waals surface area contributed by atoms with Gasteiger partial charge in [0, 0.05) is 44.1 Å². The highest BCUT2D eigenvalue weighted by molar-refractivity contribution is 7.89. The van der Waals surface area contributed by atoms with Crippen LogP contribution in [0.15, 0.2) is 41.6 Å². The summed E-state index contributed by atoms with van der Waals surface area (Å²) in [6.07, 6.45) is 3.30. The minimum atomic E-state index is -3.84. The molecule has 3 rings (SSSR count). The number of rotatable bonds is 6. The van der Waals surface area contributed by atoms with Crippen LogP contribution in [-0.2, 0) is 10.0 Å². The van der Waals surface area contributed by atoms with Crippen LogP contribution in [0.3, 0.4) is 0 Å². The number of carbonyl (C=O) groups excluding carboxylic acids is 1. The number of aromatic nitrogens is 2. The largest absolute Gasteiger partial charge is 0.492 e. The normalized spacial score (nSPS) is 15.5. The second kappa shape index (κ2) is 7.89. The van der Waals surface area contributed by atoms with E-state index in [0.29, 0.717) is 25.6 Å². The van der Waals surface area contributed by atoms with Gasteiger partial charge in [0.05, 0.1) is 6.61 Å². The van der Waals surface area contributed by atoms with E-state index in [-0.39, 0.29) is 29.3 Å². The molecule has 10 heteroatoms. The fourth-order valence-corrected chi connectivity index (χ4v) is 4.44. The van der Waals surface area contributed by atoms with E-state index in [1.54, 1.807) is 25.4 Å². The molecule has 1 aromatic carbocycles. The van der Waals surface area contributed by atoms with Crippen molar-refractivity contribution in [3.63, 3.8) is 0 Å². The molecule has 0 saturated carbocycles. The molecule has 1 fully saturated rings. The Hall–Kier alpha value is -2.72. The molecule has 1 aliphatic heterocycles. The molecule has 27 heavy (non-hydrogen) atoms. The number of hydrogen-bond donors (Lipinski definition) is 1. The van der Waals surface area contributed by atoms with E-state index in [4.69, 9.17) is 10.5 Å². The number of primary amides is 1. The molecule has 0 radical (unpaired) electrons. The van der Waals surface area contributed by atoms with Crippen molar-refractivity contribution >= 4 is 21.9 Å². The SMILES string of the molecule is CCOc1ccc(C(N)=O)cc1S(=O)(=O)N1CCN(c2ncccn2)CC1. The van der Waals surface area contributed by atoms with Gasteiger partial charge in [-0.25, -0.2) is 18.4 Å². The summed E-state index contributed by atoms with van der Waals surface area (Å²) in [5.74, 6) is 0.0807. The molecule has 0 unspecified atom stereocenters. The Morgan fingerprint density at radius 2 is 1.85 bits per heavy atom. The molecular weight excluding hydrogens is 370 g/mol. The lowest BCUT2D eigenvalue weighted by Gasteiger charge is -2.34. The number of amides is 1. The van der Waals surface area contributed by atoms with E-state index in [2.05, 4.69) is 9.97 Å². The van der Waals surface area contributed by atoms with Crippen molar-refractivity contribution in [1.82, 2.24) is 14.3 Å². The van der Waals surface area contributed by atoms with Crippen molar-refractivity contribution in [1.29, 1.82) is 0 Å². The first-order valence-corrected chi connectivity index (χ1v) is 9.96. The Kier molecular flexibility index (Phi) is 5.57. The van der Waals surface area contributed by atoms with Crippen LogP contribution < -0.4 is 15.4 Å². The Morgan fingerprint density at radius 1 is 1.19 bits per heavy atom. The molecule has 1 amide bonds. The predicted octanol–water partition coefficient (Wildman–Crippen LogP) is 0.485. The quantitative estimate of drug-likeness (QED) is 0.761. The van der Waals surface area contributed by atoms with Crippen LogP contribution >= 0.6 is 0 Å².